The predicted octanol–water partition coefficient (Wildman–Crippen LogP) is 1.37. The monoisotopic (exact) mass is 222 g/mol. The van der Waals surface area contributed by atoms with E-state index in [1.807, 2.05) is 0 Å². The third-order valence-corrected chi connectivity index (χ3v) is 4.93. The van der Waals surface area contributed by atoms with Crippen LogP contribution in [0.15, 0.2) is 0 Å². The van der Waals surface area contributed by atoms with Gasteiger partial charge in [0.2, 0.25) is 5.91 Å². The van der Waals surface area contributed by atoms with Crippen molar-refractivity contribution in [3.05, 3.63) is 0 Å². The highest BCUT2D eigenvalue weighted by atomic mass is 16.2. The lowest BCUT2D eigenvalue weighted by atomic mass is 9.83. The quantitative estimate of drug-likeness (QED) is 0.728. The average molecular weight is 222 g/mol. The van der Waals surface area contributed by atoms with E-state index >= 15 is 0 Å². The Labute approximate surface area is 97.4 Å². The van der Waals surface area contributed by atoms with E-state index in [0.29, 0.717) is 17.7 Å². The van der Waals surface area contributed by atoms with Gasteiger partial charge < -0.3 is 10.6 Å². The van der Waals surface area contributed by atoms with Crippen LogP contribution in [-0.2, 0) is 4.79 Å². The van der Waals surface area contributed by atoms with Crippen molar-refractivity contribution >= 4 is 5.91 Å². The molecule has 0 radical (unpaired) electrons. The summed E-state index contributed by atoms with van der Waals surface area (Å²) in [4.78, 5) is 14.5. The molecule has 0 spiro atoms. The number of hydrogen-bond acceptors (Lipinski definition) is 2. The molecule has 3 aliphatic rings. The Morgan fingerprint density at radius 1 is 1.06 bits per heavy atom. The zero-order chi connectivity index (χ0) is 11.1. The zero-order valence-corrected chi connectivity index (χ0v) is 9.90. The maximum absolute atomic E-state index is 12.4. The minimum absolute atomic E-state index is 0.160. The van der Waals surface area contributed by atoms with E-state index in [0.717, 1.165) is 13.1 Å². The lowest BCUT2D eigenvalue weighted by Crippen LogP contribution is -2.48. The van der Waals surface area contributed by atoms with Gasteiger partial charge in [-0.2, -0.15) is 0 Å². The average Bonchev–Trinajstić information content (AvgIpc) is 2.90. The van der Waals surface area contributed by atoms with Crippen LogP contribution in [0.1, 0.15) is 38.5 Å². The molecule has 2 bridgehead atoms. The molecule has 3 rings (SSSR count). The van der Waals surface area contributed by atoms with Crippen LogP contribution in [0.4, 0.5) is 0 Å². The number of nitrogens with zero attached hydrogens (tertiary/aromatic N) is 1. The molecule has 1 amide bonds. The first-order valence-corrected chi connectivity index (χ1v) is 6.82. The summed E-state index contributed by atoms with van der Waals surface area (Å²) in [7, 11) is 0. The molecule has 0 aromatic heterocycles. The predicted molar refractivity (Wildman–Crippen MR) is 62.7 cm³/mol. The minimum Gasteiger partial charge on any atom is -0.342 e. The van der Waals surface area contributed by atoms with E-state index in [2.05, 4.69) is 4.90 Å². The normalized spacial score (nSPS) is 42.7. The van der Waals surface area contributed by atoms with Crippen molar-refractivity contribution in [3.63, 3.8) is 0 Å². The molecule has 3 fully saturated rings. The summed E-state index contributed by atoms with van der Waals surface area (Å²) in [6.07, 6.45) is 7.36. The molecule has 1 aliphatic heterocycles. The van der Waals surface area contributed by atoms with Gasteiger partial charge in [-0.3, -0.25) is 4.79 Å². The number of piperidine rings is 1. The van der Waals surface area contributed by atoms with Gasteiger partial charge in [-0.25, -0.2) is 0 Å². The van der Waals surface area contributed by atoms with E-state index in [-0.39, 0.29) is 12.0 Å². The first kappa shape index (κ1) is 10.6. The first-order chi connectivity index (χ1) is 7.77. The maximum atomic E-state index is 12.4. The molecular weight excluding hydrogens is 200 g/mol. The van der Waals surface area contributed by atoms with Gasteiger partial charge in [0.05, 0.1) is 5.92 Å². The first-order valence-electron chi connectivity index (χ1n) is 6.82. The standard InChI is InChI=1S/C13H22N2O/c14-12-10-5-4-9(8-10)11(12)13(16)15-6-2-1-3-7-15/h9-12H,1-8,14H2. The fourth-order valence-electron chi connectivity index (χ4n) is 4.03. The molecule has 90 valence electrons. The number of likely N-dealkylation sites (tertiary alicyclic amines) is 1. The van der Waals surface area contributed by atoms with E-state index in [1.165, 1.54) is 38.5 Å². The van der Waals surface area contributed by atoms with E-state index in [1.54, 1.807) is 0 Å². The lowest BCUT2D eigenvalue weighted by molar-refractivity contribution is -0.138. The third-order valence-electron chi connectivity index (χ3n) is 4.93. The van der Waals surface area contributed by atoms with Gasteiger partial charge in [0.25, 0.3) is 0 Å². The van der Waals surface area contributed by atoms with Gasteiger partial charge in [-0.05, 0) is 50.4 Å². The molecule has 0 aromatic rings. The second kappa shape index (κ2) is 4.02. The second-order valence-electron chi connectivity index (χ2n) is 5.82. The van der Waals surface area contributed by atoms with Crippen LogP contribution in [0.5, 0.6) is 0 Å². The molecule has 4 atom stereocenters. The molecule has 1 saturated heterocycles. The molecule has 3 nitrogen and oxygen atoms in total. The molecular formula is C13H22N2O. The molecule has 4 unspecified atom stereocenters. The van der Waals surface area contributed by atoms with Crippen molar-refractivity contribution in [2.75, 3.05) is 13.1 Å². The Bertz CT molecular complexity index is 284. The Balaban J connectivity index is 1.70. The molecule has 0 aromatic carbocycles. The minimum atomic E-state index is 0.160. The Kier molecular flexibility index (Phi) is 2.66. The highest BCUT2D eigenvalue weighted by molar-refractivity contribution is 5.80. The molecule has 2 saturated carbocycles. The molecule has 16 heavy (non-hydrogen) atoms. The van der Waals surface area contributed by atoms with Gasteiger partial charge in [0, 0.05) is 19.1 Å². The number of fused-ring (bicyclic) bond motifs is 2. The molecule has 1 heterocycles. The van der Waals surface area contributed by atoms with Gasteiger partial charge in [0.15, 0.2) is 0 Å². The zero-order valence-electron chi connectivity index (χ0n) is 9.90. The SMILES string of the molecule is NC1C2CCC(C2)C1C(=O)N1CCCCC1. The van der Waals surface area contributed by atoms with Crippen molar-refractivity contribution in [2.45, 2.75) is 44.6 Å². The smallest absolute Gasteiger partial charge is 0.227 e. The van der Waals surface area contributed by atoms with Gasteiger partial charge in [0.1, 0.15) is 0 Å². The van der Waals surface area contributed by atoms with Crippen molar-refractivity contribution in [1.82, 2.24) is 4.90 Å². The second-order valence-corrected chi connectivity index (χ2v) is 5.82. The molecule has 2 N–H and O–H groups in total. The summed E-state index contributed by atoms with van der Waals surface area (Å²) in [5.41, 5.74) is 6.22. The van der Waals surface area contributed by atoms with Gasteiger partial charge >= 0.3 is 0 Å². The number of carbonyl (C=O) groups is 1. The number of nitrogens with two attached hydrogens (primary N) is 1. The molecule has 2 aliphatic carbocycles. The van der Waals surface area contributed by atoms with Gasteiger partial charge in [-0.1, -0.05) is 0 Å². The van der Waals surface area contributed by atoms with Crippen LogP contribution in [0, 0.1) is 17.8 Å². The Hall–Kier alpha value is -0.570. The van der Waals surface area contributed by atoms with Crippen molar-refractivity contribution in [1.29, 1.82) is 0 Å². The number of carbonyl (C=O) groups excluding carboxylic acids is 1. The fraction of sp³-hybridized carbons (Fsp3) is 0.923. The highest BCUT2D eigenvalue weighted by Gasteiger charge is 2.50. The fourth-order valence-corrected chi connectivity index (χ4v) is 4.03. The number of amides is 1. The number of rotatable bonds is 1. The van der Waals surface area contributed by atoms with Gasteiger partial charge in [-0.15, -0.1) is 0 Å². The summed E-state index contributed by atoms with van der Waals surface area (Å²) in [5, 5.41) is 0. The van der Waals surface area contributed by atoms with Crippen molar-refractivity contribution in [2.24, 2.45) is 23.5 Å². The van der Waals surface area contributed by atoms with Crippen LogP contribution in [0.2, 0.25) is 0 Å². The highest BCUT2D eigenvalue weighted by Crippen LogP contribution is 2.48. The topological polar surface area (TPSA) is 46.3 Å². The van der Waals surface area contributed by atoms with Crippen LogP contribution >= 0.6 is 0 Å². The maximum Gasteiger partial charge on any atom is 0.227 e. The van der Waals surface area contributed by atoms with E-state index < -0.39 is 0 Å². The summed E-state index contributed by atoms with van der Waals surface area (Å²) < 4.78 is 0. The Morgan fingerprint density at radius 3 is 2.38 bits per heavy atom. The van der Waals surface area contributed by atoms with Crippen LogP contribution in [-0.4, -0.2) is 29.9 Å². The van der Waals surface area contributed by atoms with Crippen molar-refractivity contribution in [3.8, 4) is 0 Å². The summed E-state index contributed by atoms with van der Waals surface area (Å²) in [6, 6.07) is 0.160. The van der Waals surface area contributed by atoms with Crippen LogP contribution in [0.3, 0.4) is 0 Å². The summed E-state index contributed by atoms with van der Waals surface area (Å²) in [6.45, 7) is 1.94. The van der Waals surface area contributed by atoms with Crippen LogP contribution in [0.25, 0.3) is 0 Å². The summed E-state index contributed by atoms with van der Waals surface area (Å²) >= 11 is 0. The molecule has 3 heteroatoms. The van der Waals surface area contributed by atoms with E-state index in [4.69, 9.17) is 5.73 Å². The third kappa shape index (κ3) is 1.56. The van der Waals surface area contributed by atoms with Crippen molar-refractivity contribution < 1.29 is 4.79 Å². The van der Waals surface area contributed by atoms with Crippen LogP contribution < -0.4 is 5.73 Å². The largest absolute Gasteiger partial charge is 0.342 e. The number of hydrogen-bond donors (Lipinski definition) is 1. The Morgan fingerprint density at radius 2 is 1.75 bits per heavy atom. The summed E-state index contributed by atoms with van der Waals surface area (Å²) in [5.74, 6) is 1.79. The van der Waals surface area contributed by atoms with E-state index in [9.17, 15) is 4.79 Å². The lowest BCUT2D eigenvalue weighted by Gasteiger charge is -2.34.